The molecule has 1 aromatic carbocycles. The Bertz CT molecular complexity index is 681. The second-order valence-corrected chi connectivity index (χ2v) is 3.74. The maximum absolute atomic E-state index is 13.2. The Hall–Kier alpha value is -2.90. The van der Waals surface area contributed by atoms with E-state index >= 15 is 0 Å². The van der Waals surface area contributed by atoms with Gasteiger partial charge in [-0.3, -0.25) is 10.1 Å². The Morgan fingerprint density at radius 1 is 1.42 bits per heavy atom. The number of nitro groups is 1. The molecule has 0 atom stereocenters. The molecule has 2 rings (SSSR count). The molecule has 98 valence electrons. The van der Waals surface area contributed by atoms with E-state index in [-0.39, 0.29) is 22.6 Å². The lowest BCUT2D eigenvalue weighted by molar-refractivity contribution is -0.387. The molecule has 8 heteroatoms. The van der Waals surface area contributed by atoms with Crippen molar-refractivity contribution >= 4 is 17.5 Å². The SMILES string of the molecule is Nc1[nH]c(-c2ccc(F)c([N+](=O)[O-])c2)cc1C(=O)O. The third-order valence-electron chi connectivity index (χ3n) is 2.53. The average molecular weight is 265 g/mol. The third kappa shape index (κ3) is 2.23. The van der Waals surface area contributed by atoms with Crippen LogP contribution >= 0.6 is 0 Å². The van der Waals surface area contributed by atoms with Crippen LogP contribution in [0.3, 0.4) is 0 Å². The van der Waals surface area contributed by atoms with Crippen molar-refractivity contribution in [1.29, 1.82) is 0 Å². The van der Waals surface area contributed by atoms with Crippen molar-refractivity contribution in [1.82, 2.24) is 4.98 Å². The standard InChI is InChI=1S/C11H8FN3O4/c12-7-2-1-5(3-9(7)15(18)19)8-4-6(11(16)17)10(13)14-8/h1-4,14H,13H2,(H,16,17). The first kappa shape index (κ1) is 12.6. The van der Waals surface area contributed by atoms with E-state index in [0.717, 1.165) is 12.1 Å². The number of aromatic amines is 1. The van der Waals surface area contributed by atoms with Crippen LogP contribution in [0.4, 0.5) is 15.9 Å². The predicted octanol–water partition coefficient (Wildman–Crippen LogP) is 2.01. The van der Waals surface area contributed by atoms with E-state index in [1.807, 2.05) is 0 Å². The number of nitrogens with one attached hydrogen (secondary N) is 1. The van der Waals surface area contributed by atoms with E-state index in [4.69, 9.17) is 10.8 Å². The minimum atomic E-state index is -1.23. The molecule has 7 nitrogen and oxygen atoms in total. The van der Waals surface area contributed by atoms with Gasteiger partial charge >= 0.3 is 11.7 Å². The number of hydrogen-bond acceptors (Lipinski definition) is 4. The molecule has 0 saturated heterocycles. The van der Waals surface area contributed by atoms with Gasteiger partial charge in [-0.05, 0) is 18.2 Å². The molecule has 0 radical (unpaired) electrons. The number of anilines is 1. The number of nitro benzene ring substituents is 1. The van der Waals surface area contributed by atoms with Gasteiger partial charge in [0, 0.05) is 17.3 Å². The second-order valence-electron chi connectivity index (χ2n) is 3.74. The summed E-state index contributed by atoms with van der Waals surface area (Å²) in [4.78, 5) is 23.2. The number of aromatic carboxylic acids is 1. The summed E-state index contributed by atoms with van der Waals surface area (Å²) in [5.74, 6) is -2.27. The highest BCUT2D eigenvalue weighted by Crippen LogP contribution is 2.28. The number of rotatable bonds is 3. The van der Waals surface area contributed by atoms with E-state index in [1.54, 1.807) is 0 Å². The molecule has 1 aromatic heterocycles. The van der Waals surface area contributed by atoms with Gasteiger partial charge in [-0.1, -0.05) is 0 Å². The van der Waals surface area contributed by atoms with Crippen LogP contribution in [-0.4, -0.2) is 21.0 Å². The Labute approximate surface area is 105 Å². The molecule has 0 aliphatic carbocycles. The monoisotopic (exact) mass is 265 g/mol. The summed E-state index contributed by atoms with van der Waals surface area (Å²) < 4.78 is 13.2. The van der Waals surface area contributed by atoms with Gasteiger partial charge in [-0.15, -0.1) is 0 Å². The first-order chi connectivity index (χ1) is 8.90. The van der Waals surface area contributed by atoms with E-state index in [2.05, 4.69) is 4.98 Å². The van der Waals surface area contributed by atoms with Gasteiger partial charge in [0.05, 0.1) is 4.92 Å². The fraction of sp³-hybridized carbons (Fsp3) is 0. The van der Waals surface area contributed by atoms with Gasteiger partial charge in [0.1, 0.15) is 11.4 Å². The van der Waals surface area contributed by atoms with E-state index in [0.29, 0.717) is 0 Å². The lowest BCUT2D eigenvalue weighted by Gasteiger charge is -1.99. The van der Waals surface area contributed by atoms with Crippen LogP contribution in [0.5, 0.6) is 0 Å². The lowest BCUT2D eigenvalue weighted by Crippen LogP contribution is -1.98. The number of aromatic nitrogens is 1. The van der Waals surface area contributed by atoms with Gasteiger partial charge in [0.2, 0.25) is 5.82 Å². The fourth-order valence-corrected chi connectivity index (χ4v) is 1.62. The Kier molecular flexibility index (Phi) is 2.91. The first-order valence-corrected chi connectivity index (χ1v) is 5.06. The molecule has 0 aliphatic rings. The number of nitrogens with zero attached hydrogens (tertiary/aromatic N) is 1. The Balaban J connectivity index is 2.53. The zero-order chi connectivity index (χ0) is 14.2. The molecule has 0 unspecified atom stereocenters. The summed E-state index contributed by atoms with van der Waals surface area (Å²) in [5, 5.41) is 19.5. The number of halogens is 1. The van der Waals surface area contributed by atoms with E-state index in [9.17, 15) is 19.3 Å². The highest BCUT2D eigenvalue weighted by atomic mass is 19.1. The van der Waals surface area contributed by atoms with Crippen LogP contribution in [0.15, 0.2) is 24.3 Å². The summed E-state index contributed by atoms with van der Waals surface area (Å²) in [6.07, 6.45) is 0. The van der Waals surface area contributed by atoms with Crippen LogP contribution in [0.25, 0.3) is 11.3 Å². The van der Waals surface area contributed by atoms with Crippen molar-refractivity contribution in [2.24, 2.45) is 0 Å². The summed E-state index contributed by atoms with van der Waals surface area (Å²) in [7, 11) is 0. The van der Waals surface area contributed by atoms with Crippen molar-refractivity contribution in [2.45, 2.75) is 0 Å². The maximum Gasteiger partial charge on any atom is 0.339 e. The molecule has 2 aromatic rings. The quantitative estimate of drug-likeness (QED) is 0.578. The summed E-state index contributed by atoms with van der Waals surface area (Å²) in [5.41, 5.74) is 5.15. The summed E-state index contributed by atoms with van der Waals surface area (Å²) in [6, 6.07) is 4.46. The van der Waals surface area contributed by atoms with Crippen molar-refractivity contribution in [3.63, 3.8) is 0 Å². The van der Waals surface area contributed by atoms with Gasteiger partial charge in [0.15, 0.2) is 0 Å². The van der Waals surface area contributed by atoms with Crippen molar-refractivity contribution < 1.29 is 19.2 Å². The predicted molar refractivity (Wildman–Crippen MR) is 64.2 cm³/mol. The molecule has 0 fully saturated rings. The summed E-state index contributed by atoms with van der Waals surface area (Å²) >= 11 is 0. The van der Waals surface area contributed by atoms with Crippen LogP contribution in [0, 0.1) is 15.9 Å². The Morgan fingerprint density at radius 2 is 2.11 bits per heavy atom. The van der Waals surface area contributed by atoms with E-state index < -0.39 is 22.4 Å². The largest absolute Gasteiger partial charge is 0.478 e. The first-order valence-electron chi connectivity index (χ1n) is 5.06. The molecule has 0 spiro atoms. The van der Waals surface area contributed by atoms with Gasteiger partial charge in [-0.25, -0.2) is 4.79 Å². The van der Waals surface area contributed by atoms with Gasteiger partial charge < -0.3 is 15.8 Å². The number of carbonyl (C=O) groups is 1. The Morgan fingerprint density at radius 3 is 2.63 bits per heavy atom. The molecule has 0 amide bonds. The molecule has 4 N–H and O–H groups in total. The number of H-pyrrole nitrogens is 1. The maximum atomic E-state index is 13.2. The topological polar surface area (TPSA) is 122 Å². The molecule has 0 aliphatic heterocycles. The van der Waals surface area contributed by atoms with Crippen molar-refractivity contribution in [2.75, 3.05) is 5.73 Å². The lowest BCUT2D eigenvalue weighted by atomic mass is 10.1. The smallest absolute Gasteiger partial charge is 0.339 e. The number of carboxylic acid groups (broad SMARTS) is 1. The normalized spacial score (nSPS) is 10.4. The minimum Gasteiger partial charge on any atom is -0.478 e. The highest BCUT2D eigenvalue weighted by molar-refractivity contribution is 5.94. The molecule has 1 heterocycles. The highest BCUT2D eigenvalue weighted by Gasteiger charge is 2.18. The second kappa shape index (κ2) is 4.41. The molecule has 0 saturated carbocycles. The van der Waals surface area contributed by atoms with Crippen LogP contribution in [0.2, 0.25) is 0 Å². The number of hydrogen-bond donors (Lipinski definition) is 3. The number of nitrogens with two attached hydrogens (primary N) is 1. The van der Waals surface area contributed by atoms with Crippen LogP contribution in [0.1, 0.15) is 10.4 Å². The minimum absolute atomic E-state index is 0.0746. The number of benzene rings is 1. The molecule has 0 bridgehead atoms. The van der Waals surface area contributed by atoms with Crippen molar-refractivity contribution in [3.05, 3.63) is 45.8 Å². The number of nitrogen functional groups attached to an aromatic ring is 1. The van der Waals surface area contributed by atoms with Crippen LogP contribution < -0.4 is 5.73 Å². The number of carboxylic acids is 1. The van der Waals surface area contributed by atoms with E-state index in [1.165, 1.54) is 12.1 Å². The van der Waals surface area contributed by atoms with Gasteiger partial charge in [-0.2, -0.15) is 4.39 Å². The zero-order valence-electron chi connectivity index (χ0n) is 9.38. The van der Waals surface area contributed by atoms with Gasteiger partial charge in [0.25, 0.3) is 0 Å². The van der Waals surface area contributed by atoms with Crippen molar-refractivity contribution in [3.8, 4) is 11.3 Å². The fourth-order valence-electron chi connectivity index (χ4n) is 1.62. The summed E-state index contributed by atoms with van der Waals surface area (Å²) in [6.45, 7) is 0. The van der Waals surface area contributed by atoms with Crippen LogP contribution in [-0.2, 0) is 0 Å². The zero-order valence-corrected chi connectivity index (χ0v) is 9.38. The molecular formula is C11H8FN3O4. The molecular weight excluding hydrogens is 257 g/mol. The molecule has 19 heavy (non-hydrogen) atoms. The average Bonchev–Trinajstić information content (AvgIpc) is 2.71. The third-order valence-corrected chi connectivity index (χ3v) is 2.53.